The largest absolute Gasteiger partial charge is 0.450 e. The Bertz CT molecular complexity index is 298. The van der Waals surface area contributed by atoms with Gasteiger partial charge in [-0.05, 0) is 19.3 Å². The van der Waals surface area contributed by atoms with Crippen LogP contribution in [0.3, 0.4) is 0 Å². The number of hydrogen-bond donors (Lipinski definition) is 1. The number of ether oxygens (including phenoxy) is 1. The van der Waals surface area contributed by atoms with Crippen molar-refractivity contribution in [3.05, 3.63) is 0 Å². The third-order valence-electron chi connectivity index (χ3n) is 2.14. The quantitative estimate of drug-likeness (QED) is 0.737. The molecule has 82 valence electrons. The molecule has 1 amide bonds. The zero-order valence-electron chi connectivity index (χ0n) is 8.15. The number of carbonyl (C=O) groups excluding carboxylic acids is 1. The standard InChI is InChI=1S/C8H15NO4S/c1-2-13-8(10)9-5-7-3-4-14(11,12)6-7/h7H,2-6H2,1H3,(H,9,10). The molecule has 1 N–H and O–H groups in total. The van der Waals surface area contributed by atoms with Crippen molar-refractivity contribution in [1.29, 1.82) is 0 Å². The van der Waals surface area contributed by atoms with Crippen molar-refractivity contribution in [2.24, 2.45) is 5.92 Å². The van der Waals surface area contributed by atoms with Crippen LogP contribution in [0.5, 0.6) is 0 Å². The maximum atomic E-state index is 11.1. The van der Waals surface area contributed by atoms with Gasteiger partial charge in [-0.25, -0.2) is 13.2 Å². The van der Waals surface area contributed by atoms with Crippen molar-refractivity contribution in [3.63, 3.8) is 0 Å². The fourth-order valence-corrected chi connectivity index (χ4v) is 3.30. The molecule has 1 fully saturated rings. The Hall–Kier alpha value is -0.780. The lowest BCUT2D eigenvalue weighted by Crippen LogP contribution is -2.30. The van der Waals surface area contributed by atoms with E-state index in [2.05, 4.69) is 10.1 Å². The second-order valence-electron chi connectivity index (χ2n) is 3.37. The summed E-state index contributed by atoms with van der Waals surface area (Å²) in [6.07, 6.45) is 0.158. The van der Waals surface area contributed by atoms with Gasteiger partial charge in [0, 0.05) is 6.54 Å². The van der Waals surface area contributed by atoms with Crippen molar-refractivity contribution >= 4 is 15.9 Å². The maximum Gasteiger partial charge on any atom is 0.407 e. The summed E-state index contributed by atoms with van der Waals surface area (Å²) in [5.41, 5.74) is 0. The molecule has 0 saturated carbocycles. The van der Waals surface area contributed by atoms with Crippen LogP contribution in [0.1, 0.15) is 13.3 Å². The highest BCUT2D eigenvalue weighted by atomic mass is 32.2. The summed E-state index contributed by atoms with van der Waals surface area (Å²) in [5.74, 6) is 0.464. The molecule has 1 atom stereocenters. The van der Waals surface area contributed by atoms with Crippen molar-refractivity contribution in [2.45, 2.75) is 13.3 Å². The molecule has 5 nitrogen and oxygen atoms in total. The Balaban J connectivity index is 2.24. The van der Waals surface area contributed by atoms with Gasteiger partial charge in [-0.3, -0.25) is 0 Å². The number of nitrogens with one attached hydrogen (secondary N) is 1. The molecule has 6 heteroatoms. The first kappa shape index (κ1) is 11.3. The third-order valence-corrected chi connectivity index (χ3v) is 3.97. The molecular weight excluding hydrogens is 206 g/mol. The number of carbonyl (C=O) groups is 1. The highest BCUT2D eigenvalue weighted by Gasteiger charge is 2.27. The van der Waals surface area contributed by atoms with Gasteiger partial charge in [-0.15, -0.1) is 0 Å². The van der Waals surface area contributed by atoms with Crippen LogP contribution in [-0.2, 0) is 14.6 Å². The SMILES string of the molecule is CCOC(=O)NCC1CCS(=O)(=O)C1. The highest BCUT2D eigenvalue weighted by molar-refractivity contribution is 7.91. The number of sulfone groups is 1. The van der Waals surface area contributed by atoms with Crippen LogP contribution in [0.4, 0.5) is 4.79 Å². The van der Waals surface area contributed by atoms with E-state index in [1.807, 2.05) is 0 Å². The van der Waals surface area contributed by atoms with Gasteiger partial charge in [-0.1, -0.05) is 0 Å². The van der Waals surface area contributed by atoms with E-state index in [9.17, 15) is 13.2 Å². The number of hydrogen-bond acceptors (Lipinski definition) is 4. The third kappa shape index (κ3) is 3.53. The summed E-state index contributed by atoms with van der Waals surface area (Å²) >= 11 is 0. The summed E-state index contributed by atoms with van der Waals surface area (Å²) in [6, 6.07) is 0. The molecular formula is C8H15NO4S. The Morgan fingerprint density at radius 1 is 1.57 bits per heavy atom. The second kappa shape index (κ2) is 4.63. The van der Waals surface area contributed by atoms with Gasteiger partial charge >= 0.3 is 6.09 Å². The number of alkyl carbamates (subject to hydrolysis) is 1. The van der Waals surface area contributed by atoms with Gasteiger partial charge in [0.15, 0.2) is 9.84 Å². The van der Waals surface area contributed by atoms with E-state index >= 15 is 0 Å². The van der Waals surface area contributed by atoms with E-state index in [0.29, 0.717) is 19.6 Å². The minimum Gasteiger partial charge on any atom is -0.450 e. The van der Waals surface area contributed by atoms with Gasteiger partial charge in [0.05, 0.1) is 18.1 Å². The lowest BCUT2D eigenvalue weighted by molar-refractivity contribution is 0.151. The molecule has 14 heavy (non-hydrogen) atoms. The lowest BCUT2D eigenvalue weighted by atomic mass is 10.1. The molecule has 0 spiro atoms. The van der Waals surface area contributed by atoms with E-state index in [0.717, 1.165) is 0 Å². The molecule has 1 rings (SSSR count). The molecule has 1 saturated heterocycles. The number of amides is 1. The summed E-state index contributed by atoms with van der Waals surface area (Å²) < 4.78 is 26.8. The molecule has 0 aliphatic carbocycles. The first-order chi connectivity index (χ1) is 6.53. The average molecular weight is 221 g/mol. The van der Waals surface area contributed by atoms with Gasteiger partial charge in [0.25, 0.3) is 0 Å². The first-order valence-corrected chi connectivity index (χ1v) is 6.46. The first-order valence-electron chi connectivity index (χ1n) is 4.64. The molecule has 1 aliphatic heterocycles. The molecule has 1 heterocycles. The smallest absolute Gasteiger partial charge is 0.407 e. The molecule has 0 radical (unpaired) electrons. The van der Waals surface area contributed by atoms with Crippen LogP contribution >= 0.6 is 0 Å². The van der Waals surface area contributed by atoms with E-state index in [-0.39, 0.29) is 17.4 Å². The van der Waals surface area contributed by atoms with Crippen molar-refractivity contribution in [1.82, 2.24) is 5.32 Å². The normalized spacial score (nSPS) is 24.5. The lowest BCUT2D eigenvalue weighted by Gasteiger charge is -2.08. The fraction of sp³-hybridized carbons (Fsp3) is 0.875. The van der Waals surface area contributed by atoms with E-state index < -0.39 is 15.9 Å². The molecule has 0 bridgehead atoms. The Morgan fingerprint density at radius 3 is 2.79 bits per heavy atom. The highest BCUT2D eigenvalue weighted by Crippen LogP contribution is 2.17. The van der Waals surface area contributed by atoms with Gasteiger partial charge in [-0.2, -0.15) is 0 Å². The minimum absolute atomic E-state index is 0.0457. The summed E-state index contributed by atoms with van der Waals surface area (Å²) in [5, 5.41) is 2.54. The Labute approximate surface area is 83.7 Å². The molecule has 1 unspecified atom stereocenters. The minimum atomic E-state index is -2.85. The fourth-order valence-electron chi connectivity index (χ4n) is 1.44. The van der Waals surface area contributed by atoms with Crippen LogP contribution in [-0.4, -0.2) is 39.2 Å². The van der Waals surface area contributed by atoms with Crippen LogP contribution in [0, 0.1) is 5.92 Å². The van der Waals surface area contributed by atoms with Gasteiger partial charge in [0.1, 0.15) is 0 Å². The summed E-state index contributed by atoms with van der Waals surface area (Å²) in [4.78, 5) is 10.9. The number of rotatable bonds is 3. The van der Waals surface area contributed by atoms with Crippen LogP contribution < -0.4 is 5.32 Å². The molecule has 1 aliphatic rings. The van der Waals surface area contributed by atoms with Crippen molar-refractivity contribution in [2.75, 3.05) is 24.7 Å². The predicted octanol–water partition coefficient (Wildman–Crippen LogP) is 0.167. The second-order valence-corrected chi connectivity index (χ2v) is 5.60. The van der Waals surface area contributed by atoms with Gasteiger partial charge in [0.2, 0.25) is 0 Å². The van der Waals surface area contributed by atoms with E-state index in [1.54, 1.807) is 6.92 Å². The van der Waals surface area contributed by atoms with Crippen LogP contribution in [0.2, 0.25) is 0 Å². The van der Waals surface area contributed by atoms with Crippen LogP contribution in [0.25, 0.3) is 0 Å². The Morgan fingerprint density at radius 2 is 2.29 bits per heavy atom. The summed E-state index contributed by atoms with van der Waals surface area (Å²) in [6.45, 7) is 2.44. The van der Waals surface area contributed by atoms with Crippen LogP contribution in [0.15, 0.2) is 0 Å². The molecule has 0 aromatic carbocycles. The van der Waals surface area contributed by atoms with Gasteiger partial charge < -0.3 is 10.1 Å². The monoisotopic (exact) mass is 221 g/mol. The predicted molar refractivity (Wildman–Crippen MR) is 51.8 cm³/mol. The van der Waals surface area contributed by atoms with E-state index in [1.165, 1.54) is 0 Å². The maximum absolute atomic E-state index is 11.1. The molecule has 0 aromatic rings. The molecule has 0 aromatic heterocycles. The summed E-state index contributed by atoms with van der Waals surface area (Å²) in [7, 11) is -2.85. The van der Waals surface area contributed by atoms with E-state index in [4.69, 9.17) is 0 Å². The average Bonchev–Trinajstić information content (AvgIpc) is 2.43. The zero-order chi connectivity index (χ0) is 10.6. The van der Waals surface area contributed by atoms with Crippen molar-refractivity contribution in [3.8, 4) is 0 Å². The van der Waals surface area contributed by atoms with Crippen molar-refractivity contribution < 1.29 is 17.9 Å². The zero-order valence-corrected chi connectivity index (χ0v) is 8.97. The topological polar surface area (TPSA) is 72.5 Å². The Kier molecular flexibility index (Phi) is 3.74.